The number of ether oxygens (including phenoxy) is 3. The third-order valence-electron chi connectivity index (χ3n) is 3.55. The van der Waals surface area contributed by atoms with Crippen molar-refractivity contribution in [2.75, 3.05) is 32.5 Å². The Labute approximate surface area is 139 Å². The number of methoxy groups -OCH3 is 2. The lowest BCUT2D eigenvalue weighted by Crippen LogP contribution is -2.39. The van der Waals surface area contributed by atoms with Crippen molar-refractivity contribution in [3.63, 3.8) is 0 Å². The molecular formula is C16H18ClNO5. The van der Waals surface area contributed by atoms with E-state index in [0.717, 1.165) is 12.0 Å². The van der Waals surface area contributed by atoms with Gasteiger partial charge in [-0.2, -0.15) is 0 Å². The summed E-state index contributed by atoms with van der Waals surface area (Å²) in [5.74, 6) is -1.26. The molecule has 1 aromatic carbocycles. The Morgan fingerprint density at radius 2 is 1.96 bits per heavy atom. The first-order chi connectivity index (χ1) is 11.0. The average Bonchev–Trinajstić information content (AvgIpc) is 2.59. The summed E-state index contributed by atoms with van der Waals surface area (Å²) in [4.78, 5) is 25.8. The summed E-state index contributed by atoms with van der Waals surface area (Å²) in [5, 5.41) is 0.520. The van der Waals surface area contributed by atoms with E-state index in [1.807, 2.05) is 13.0 Å². The third kappa shape index (κ3) is 3.48. The summed E-state index contributed by atoms with van der Waals surface area (Å²) >= 11 is 6.09. The monoisotopic (exact) mass is 339 g/mol. The molecule has 1 aromatic rings. The Bertz CT molecular complexity index is 656. The molecule has 0 radical (unpaired) electrons. The molecule has 2 rings (SSSR count). The van der Waals surface area contributed by atoms with Crippen LogP contribution in [0.5, 0.6) is 0 Å². The lowest BCUT2D eigenvalue weighted by molar-refractivity contribution is -0.140. The van der Waals surface area contributed by atoms with Crippen LogP contribution >= 0.6 is 11.6 Å². The number of esters is 2. The van der Waals surface area contributed by atoms with Gasteiger partial charge in [0.15, 0.2) is 0 Å². The SMILES string of the molecule is CCc1ccc(Cl)cc1N1COCC(C(=O)OC)=C1C(=O)OC. The second kappa shape index (κ2) is 7.48. The fourth-order valence-corrected chi connectivity index (χ4v) is 2.59. The number of benzene rings is 1. The van der Waals surface area contributed by atoms with Gasteiger partial charge in [0.1, 0.15) is 12.4 Å². The predicted molar refractivity (Wildman–Crippen MR) is 85.2 cm³/mol. The van der Waals surface area contributed by atoms with Crippen molar-refractivity contribution in [3.05, 3.63) is 40.1 Å². The summed E-state index contributed by atoms with van der Waals surface area (Å²) in [6, 6.07) is 5.38. The Morgan fingerprint density at radius 1 is 1.26 bits per heavy atom. The van der Waals surface area contributed by atoms with Crippen molar-refractivity contribution >= 4 is 29.2 Å². The number of carbonyl (C=O) groups excluding carboxylic acids is 2. The maximum atomic E-state index is 12.2. The molecule has 23 heavy (non-hydrogen) atoms. The van der Waals surface area contributed by atoms with Crippen LogP contribution in [0.1, 0.15) is 12.5 Å². The number of carbonyl (C=O) groups is 2. The van der Waals surface area contributed by atoms with Crippen LogP contribution in [0.2, 0.25) is 5.02 Å². The van der Waals surface area contributed by atoms with Gasteiger partial charge in [0.25, 0.3) is 0 Å². The normalized spacial score (nSPS) is 14.7. The largest absolute Gasteiger partial charge is 0.466 e. The lowest BCUT2D eigenvalue weighted by Gasteiger charge is -2.32. The molecule has 0 fully saturated rings. The third-order valence-corrected chi connectivity index (χ3v) is 3.79. The minimum atomic E-state index is -0.629. The number of hydrogen-bond acceptors (Lipinski definition) is 6. The summed E-state index contributed by atoms with van der Waals surface area (Å²) in [7, 11) is 2.51. The molecule has 1 heterocycles. The zero-order chi connectivity index (χ0) is 17.0. The molecule has 124 valence electrons. The molecule has 0 atom stereocenters. The number of rotatable bonds is 4. The van der Waals surface area contributed by atoms with Crippen molar-refractivity contribution < 1.29 is 23.8 Å². The zero-order valence-corrected chi connectivity index (χ0v) is 14.0. The minimum Gasteiger partial charge on any atom is -0.466 e. The van der Waals surface area contributed by atoms with Crippen LogP contribution in [0.15, 0.2) is 29.5 Å². The van der Waals surface area contributed by atoms with Crippen LogP contribution in [0.25, 0.3) is 0 Å². The molecule has 0 bridgehead atoms. The second-order valence-corrected chi connectivity index (χ2v) is 5.28. The van der Waals surface area contributed by atoms with Gasteiger partial charge >= 0.3 is 11.9 Å². The fraction of sp³-hybridized carbons (Fsp3) is 0.375. The molecule has 0 spiro atoms. The Kier molecular flexibility index (Phi) is 5.63. The van der Waals surface area contributed by atoms with Gasteiger partial charge in [-0.15, -0.1) is 0 Å². The van der Waals surface area contributed by atoms with Gasteiger partial charge in [-0.1, -0.05) is 24.6 Å². The molecular weight excluding hydrogens is 322 g/mol. The van der Waals surface area contributed by atoms with Gasteiger partial charge in [0.2, 0.25) is 0 Å². The average molecular weight is 340 g/mol. The number of nitrogens with zero attached hydrogens (tertiary/aromatic N) is 1. The summed E-state index contributed by atoms with van der Waals surface area (Å²) < 4.78 is 15.0. The molecule has 6 nitrogen and oxygen atoms in total. The van der Waals surface area contributed by atoms with Crippen molar-refractivity contribution in [3.8, 4) is 0 Å². The predicted octanol–water partition coefficient (Wildman–Crippen LogP) is 2.30. The van der Waals surface area contributed by atoms with Gasteiger partial charge < -0.3 is 19.1 Å². The quantitative estimate of drug-likeness (QED) is 0.784. The molecule has 0 N–H and O–H groups in total. The summed E-state index contributed by atoms with van der Waals surface area (Å²) in [5.41, 5.74) is 1.89. The molecule has 1 aliphatic rings. The lowest BCUT2D eigenvalue weighted by atomic mass is 10.1. The summed E-state index contributed by atoms with van der Waals surface area (Å²) in [6.45, 7) is 2.08. The molecule has 1 aliphatic heterocycles. The number of aryl methyl sites for hydroxylation is 1. The van der Waals surface area contributed by atoms with E-state index < -0.39 is 11.9 Å². The highest BCUT2D eigenvalue weighted by Gasteiger charge is 2.33. The van der Waals surface area contributed by atoms with E-state index in [0.29, 0.717) is 10.7 Å². The van der Waals surface area contributed by atoms with Crippen molar-refractivity contribution in [1.82, 2.24) is 0 Å². The van der Waals surface area contributed by atoms with Crippen LogP contribution in [0, 0.1) is 0 Å². The molecule has 7 heteroatoms. The first-order valence-corrected chi connectivity index (χ1v) is 7.44. The van der Waals surface area contributed by atoms with Crippen molar-refractivity contribution in [1.29, 1.82) is 0 Å². The van der Waals surface area contributed by atoms with Gasteiger partial charge in [0, 0.05) is 10.7 Å². The Hall–Kier alpha value is -2.05. The van der Waals surface area contributed by atoms with Crippen molar-refractivity contribution in [2.24, 2.45) is 0 Å². The van der Waals surface area contributed by atoms with E-state index in [2.05, 4.69) is 0 Å². The molecule has 0 amide bonds. The maximum absolute atomic E-state index is 12.2. The Morgan fingerprint density at radius 3 is 2.57 bits per heavy atom. The summed E-state index contributed by atoms with van der Waals surface area (Å²) in [6.07, 6.45) is 0.727. The highest BCUT2D eigenvalue weighted by Crippen LogP contribution is 2.32. The first-order valence-electron chi connectivity index (χ1n) is 7.07. The minimum absolute atomic E-state index is 0.0182. The van der Waals surface area contributed by atoms with Crippen LogP contribution in [0.3, 0.4) is 0 Å². The van der Waals surface area contributed by atoms with Crippen LogP contribution in [0.4, 0.5) is 5.69 Å². The molecule has 0 aromatic heterocycles. The fourth-order valence-electron chi connectivity index (χ4n) is 2.42. The topological polar surface area (TPSA) is 65.1 Å². The smallest absolute Gasteiger partial charge is 0.355 e. The van der Waals surface area contributed by atoms with Crippen LogP contribution in [-0.4, -0.2) is 39.5 Å². The van der Waals surface area contributed by atoms with Crippen molar-refractivity contribution in [2.45, 2.75) is 13.3 Å². The standard InChI is InChI=1S/C16H18ClNO5/c1-4-10-5-6-11(17)7-13(10)18-9-23-8-12(15(19)21-2)14(18)16(20)22-3/h5-7H,4,8-9H2,1-3H3. The molecule has 0 saturated carbocycles. The number of anilines is 1. The van der Waals surface area contributed by atoms with E-state index in [4.69, 9.17) is 25.8 Å². The Balaban J connectivity index is 2.62. The van der Waals surface area contributed by atoms with Crippen LogP contribution < -0.4 is 4.90 Å². The van der Waals surface area contributed by atoms with E-state index >= 15 is 0 Å². The van der Waals surface area contributed by atoms with Gasteiger partial charge in [-0.3, -0.25) is 0 Å². The molecule has 0 aliphatic carbocycles. The van der Waals surface area contributed by atoms with Gasteiger partial charge in [-0.05, 0) is 24.1 Å². The molecule has 0 unspecified atom stereocenters. The highest BCUT2D eigenvalue weighted by atomic mass is 35.5. The van der Waals surface area contributed by atoms with E-state index in [9.17, 15) is 9.59 Å². The van der Waals surface area contributed by atoms with Gasteiger partial charge in [-0.25, -0.2) is 9.59 Å². The maximum Gasteiger partial charge on any atom is 0.355 e. The molecule has 0 saturated heterocycles. The second-order valence-electron chi connectivity index (χ2n) is 4.84. The zero-order valence-electron chi connectivity index (χ0n) is 13.2. The van der Waals surface area contributed by atoms with E-state index in [1.54, 1.807) is 17.0 Å². The first kappa shape index (κ1) is 17.3. The number of hydrogen-bond donors (Lipinski definition) is 0. The van der Waals surface area contributed by atoms with E-state index in [-0.39, 0.29) is 24.6 Å². The highest BCUT2D eigenvalue weighted by molar-refractivity contribution is 6.31. The number of halogens is 1. The van der Waals surface area contributed by atoms with Crippen LogP contribution in [-0.2, 0) is 30.2 Å². The van der Waals surface area contributed by atoms with Gasteiger partial charge in [0.05, 0.1) is 26.4 Å². The van der Waals surface area contributed by atoms with E-state index in [1.165, 1.54) is 14.2 Å².